The van der Waals surface area contributed by atoms with Crippen LogP contribution in [-0.4, -0.2) is 4.57 Å². The molecule has 0 saturated carbocycles. The van der Waals surface area contributed by atoms with E-state index in [9.17, 15) is 0 Å². The molecule has 0 saturated heterocycles. The first-order valence-electron chi connectivity index (χ1n) is 18.8. The maximum absolute atomic E-state index is 6.65. The largest absolute Gasteiger partial charge is 0.455 e. The molecule has 0 bridgehead atoms. The van der Waals surface area contributed by atoms with E-state index >= 15 is 0 Å². The van der Waals surface area contributed by atoms with Crippen molar-refractivity contribution in [3.05, 3.63) is 206 Å². The molecule has 0 aliphatic heterocycles. The van der Waals surface area contributed by atoms with Gasteiger partial charge in [0.25, 0.3) is 0 Å². The number of fused-ring (bicyclic) bond motifs is 7. The molecule has 0 aliphatic carbocycles. The van der Waals surface area contributed by atoms with Crippen LogP contribution < -0.4 is 4.90 Å². The van der Waals surface area contributed by atoms with E-state index in [-0.39, 0.29) is 0 Å². The van der Waals surface area contributed by atoms with Crippen molar-refractivity contribution in [2.75, 3.05) is 4.90 Å². The molecular weight excluding hydrogens is 669 g/mol. The minimum Gasteiger partial charge on any atom is -0.455 e. The van der Waals surface area contributed by atoms with Crippen molar-refractivity contribution in [3.8, 4) is 27.9 Å². The highest BCUT2D eigenvalue weighted by Gasteiger charge is 2.19. The first kappa shape index (κ1) is 31.2. The van der Waals surface area contributed by atoms with E-state index in [2.05, 4.69) is 210 Å². The number of benzene rings is 9. The first-order chi connectivity index (χ1) is 27.3. The molecule has 258 valence electrons. The van der Waals surface area contributed by atoms with Gasteiger partial charge in [-0.2, -0.15) is 0 Å². The fraction of sp³-hybridized carbons (Fsp3) is 0. The molecule has 11 aromatic rings. The van der Waals surface area contributed by atoms with Crippen molar-refractivity contribution in [3.63, 3.8) is 0 Å². The van der Waals surface area contributed by atoms with Gasteiger partial charge in [-0.3, -0.25) is 0 Å². The van der Waals surface area contributed by atoms with Crippen molar-refractivity contribution in [1.29, 1.82) is 0 Å². The molecule has 3 heteroatoms. The number of furan rings is 1. The van der Waals surface area contributed by atoms with Gasteiger partial charge in [0.1, 0.15) is 11.2 Å². The van der Waals surface area contributed by atoms with Crippen LogP contribution in [0.5, 0.6) is 0 Å². The summed E-state index contributed by atoms with van der Waals surface area (Å²) >= 11 is 0. The minimum absolute atomic E-state index is 0.886. The van der Waals surface area contributed by atoms with Gasteiger partial charge in [-0.25, -0.2) is 0 Å². The third-order valence-corrected chi connectivity index (χ3v) is 11.0. The lowest BCUT2D eigenvalue weighted by Gasteiger charge is -2.26. The Morgan fingerprint density at radius 2 is 0.909 bits per heavy atom. The number of hydrogen-bond donors (Lipinski definition) is 0. The number of para-hydroxylation sites is 4. The molecule has 3 nitrogen and oxygen atoms in total. The molecule has 55 heavy (non-hydrogen) atoms. The van der Waals surface area contributed by atoms with E-state index in [1.165, 1.54) is 43.7 Å². The van der Waals surface area contributed by atoms with Crippen LogP contribution in [0.2, 0.25) is 0 Å². The smallest absolute Gasteiger partial charge is 0.143 e. The summed E-state index contributed by atoms with van der Waals surface area (Å²) in [4.78, 5) is 2.32. The second kappa shape index (κ2) is 12.6. The van der Waals surface area contributed by atoms with Gasteiger partial charge < -0.3 is 13.9 Å². The third-order valence-electron chi connectivity index (χ3n) is 11.0. The number of anilines is 3. The Morgan fingerprint density at radius 3 is 1.62 bits per heavy atom. The Hall–Kier alpha value is -7.36. The zero-order valence-electron chi connectivity index (χ0n) is 29.9. The highest BCUT2D eigenvalue weighted by atomic mass is 16.3. The standard InChI is InChI=1S/C52H34N2O/c1-2-14-40(15-3-1)53(41-28-24-36(25-29-41)39-23-22-35-12-4-5-13-38(35)32-39)42-30-26-37(27-31-42)47-33-43(34-48-46-18-8-11-21-51(46)55-52(47)48)54-49-19-9-6-16-44(49)45-17-7-10-20-50(45)54/h1-34H. The lowest BCUT2D eigenvalue weighted by Crippen LogP contribution is -2.09. The Balaban J connectivity index is 1.04. The van der Waals surface area contributed by atoms with Gasteiger partial charge in [0.2, 0.25) is 0 Å². The van der Waals surface area contributed by atoms with Crippen LogP contribution >= 0.6 is 0 Å². The molecular formula is C52H34N2O. The SMILES string of the molecule is c1ccc(N(c2ccc(-c3ccc4ccccc4c3)cc2)c2ccc(-c3cc(-n4c5ccccc5c5ccccc54)cc4c3oc3ccccc34)cc2)cc1. The number of nitrogens with zero attached hydrogens (tertiary/aromatic N) is 2. The lowest BCUT2D eigenvalue weighted by molar-refractivity contribution is 0.670. The topological polar surface area (TPSA) is 21.3 Å². The maximum atomic E-state index is 6.65. The highest BCUT2D eigenvalue weighted by Crippen LogP contribution is 2.42. The average molecular weight is 703 g/mol. The van der Waals surface area contributed by atoms with Gasteiger partial charge in [-0.15, -0.1) is 0 Å². The number of rotatable bonds is 6. The Labute approximate surface area is 318 Å². The van der Waals surface area contributed by atoms with Gasteiger partial charge in [0.05, 0.1) is 11.0 Å². The Bertz CT molecular complexity index is 3140. The van der Waals surface area contributed by atoms with Crippen LogP contribution in [0.1, 0.15) is 0 Å². The fourth-order valence-electron chi connectivity index (χ4n) is 8.34. The van der Waals surface area contributed by atoms with Crippen LogP contribution in [0.4, 0.5) is 17.1 Å². The second-order valence-electron chi connectivity index (χ2n) is 14.2. The minimum atomic E-state index is 0.886. The highest BCUT2D eigenvalue weighted by molar-refractivity contribution is 6.13. The molecule has 0 spiro atoms. The molecule has 2 heterocycles. The van der Waals surface area contributed by atoms with E-state index in [4.69, 9.17) is 4.42 Å². The van der Waals surface area contributed by atoms with Gasteiger partial charge in [-0.05, 0) is 100 Å². The monoisotopic (exact) mass is 702 g/mol. The van der Waals surface area contributed by atoms with E-state index in [1.807, 2.05) is 6.07 Å². The summed E-state index contributed by atoms with van der Waals surface area (Å²) in [5.74, 6) is 0. The average Bonchev–Trinajstić information content (AvgIpc) is 3.80. The molecule has 11 rings (SSSR count). The van der Waals surface area contributed by atoms with E-state index in [0.29, 0.717) is 0 Å². The van der Waals surface area contributed by atoms with Gasteiger partial charge in [0.15, 0.2) is 0 Å². The van der Waals surface area contributed by atoms with Crippen molar-refractivity contribution in [1.82, 2.24) is 4.57 Å². The van der Waals surface area contributed by atoms with Crippen LogP contribution in [0.25, 0.3) is 82.5 Å². The number of aromatic nitrogens is 1. The summed E-state index contributed by atoms with van der Waals surface area (Å²) in [5.41, 5.74) is 13.1. The molecule has 9 aromatic carbocycles. The van der Waals surface area contributed by atoms with Crippen molar-refractivity contribution in [2.45, 2.75) is 0 Å². The summed E-state index contributed by atoms with van der Waals surface area (Å²) < 4.78 is 9.04. The quantitative estimate of drug-likeness (QED) is 0.172. The maximum Gasteiger partial charge on any atom is 0.143 e. The Morgan fingerprint density at radius 1 is 0.364 bits per heavy atom. The normalized spacial score (nSPS) is 11.6. The summed E-state index contributed by atoms with van der Waals surface area (Å²) in [6.07, 6.45) is 0. The predicted molar refractivity (Wildman–Crippen MR) is 231 cm³/mol. The van der Waals surface area contributed by atoms with E-state index in [0.717, 1.165) is 55.8 Å². The number of hydrogen-bond acceptors (Lipinski definition) is 2. The molecule has 0 fully saturated rings. The zero-order chi connectivity index (χ0) is 36.3. The van der Waals surface area contributed by atoms with E-state index < -0.39 is 0 Å². The van der Waals surface area contributed by atoms with Crippen molar-refractivity contribution >= 4 is 71.6 Å². The lowest BCUT2D eigenvalue weighted by atomic mass is 10.00. The Kier molecular flexibility index (Phi) is 7.17. The molecule has 2 aromatic heterocycles. The second-order valence-corrected chi connectivity index (χ2v) is 14.2. The first-order valence-corrected chi connectivity index (χ1v) is 18.8. The molecule has 0 atom stereocenters. The van der Waals surface area contributed by atoms with Crippen LogP contribution in [0, 0.1) is 0 Å². The third kappa shape index (κ3) is 5.20. The summed E-state index contributed by atoms with van der Waals surface area (Å²) in [6.45, 7) is 0. The fourth-order valence-corrected chi connectivity index (χ4v) is 8.34. The van der Waals surface area contributed by atoms with Crippen LogP contribution in [0.3, 0.4) is 0 Å². The summed E-state index contributed by atoms with van der Waals surface area (Å²) in [7, 11) is 0. The zero-order valence-corrected chi connectivity index (χ0v) is 29.9. The summed E-state index contributed by atoms with van der Waals surface area (Å²) in [6, 6.07) is 73.9. The predicted octanol–water partition coefficient (Wildman–Crippen LogP) is 14.6. The molecule has 0 radical (unpaired) electrons. The van der Waals surface area contributed by atoms with Crippen LogP contribution in [-0.2, 0) is 0 Å². The summed E-state index contributed by atoms with van der Waals surface area (Å²) in [5, 5.41) is 7.20. The molecule has 0 unspecified atom stereocenters. The van der Waals surface area contributed by atoms with Gasteiger partial charge in [0, 0.05) is 49.9 Å². The molecule has 0 aliphatic rings. The van der Waals surface area contributed by atoms with Crippen molar-refractivity contribution < 1.29 is 4.42 Å². The van der Waals surface area contributed by atoms with Gasteiger partial charge >= 0.3 is 0 Å². The van der Waals surface area contributed by atoms with E-state index in [1.54, 1.807) is 0 Å². The van der Waals surface area contributed by atoms with Crippen LogP contribution in [0.15, 0.2) is 211 Å². The molecule has 0 N–H and O–H groups in total. The van der Waals surface area contributed by atoms with Gasteiger partial charge in [-0.1, -0.05) is 133 Å². The molecule has 0 amide bonds. The van der Waals surface area contributed by atoms with Crippen molar-refractivity contribution in [2.24, 2.45) is 0 Å².